The van der Waals surface area contributed by atoms with Crippen LogP contribution in [0.1, 0.15) is 58.4 Å². The Morgan fingerprint density at radius 2 is 2.00 bits per heavy atom. The van der Waals surface area contributed by atoms with Gasteiger partial charge >= 0.3 is 0 Å². The van der Waals surface area contributed by atoms with Gasteiger partial charge in [0.1, 0.15) is 0 Å². The van der Waals surface area contributed by atoms with Crippen LogP contribution in [0.15, 0.2) is 11.6 Å². The number of nitrogens with zero attached hydrogens (tertiary/aromatic N) is 1. The number of thiazole rings is 1. The molecule has 1 unspecified atom stereocenters. The van der Waals surface area contributed by atoms with Crippen LogP contribution in [0.4, 0.5) is 0 Å². The van der Waals surface area contributed by atoms with Crippen molar-refractivity contribution in [1.82, 2.24) is 10.3 Å². The molecule has 0 amide bonds. The van der Waals surface area contributed by atoms with Gasteiger partial charge in [-0.2, -0.15) is 0 Å². The van der Waals surface area contributed by atoms with Gasteiger partial charge in [0, 0.05) is 30.6 Å². The molecule has 1 aromatic rings. The zero-order valence-corrected chi connectivity index (χ0v) is 14.8. The number of rotatable bonds is 7. The summed E-state index contributed by atoms with van der Waals surface area (Å²) in [5.74, 6) is 0. The fourth-order valence-corrected chi connectivity index (χ4v) is 4.11. The Hall–Kier alpha value is -0.450. The van der Waals surface area contributed by atoms with Crippen molar-refractivity contribution in [2.75, 3.05) is 13.2 Å². The average Bonchev–Trinajstić information content (AvgIpc) is 2.94. The van der Waals surface area contributed by atoms with E-state index in [9.17, 15) is 0 Å². The molecule has 1 atom stereocenters. The van der Waals surface area contributed by atoms with Gasteiger partial charge < -0.3 is 10.1 Å². The molecule has 2 rings (SSSR count). The summed E-state index contributed by atoms with van der Waals surface area (Å²) in [5.41, 5.74) is 0.435. The minimum atomic E-state index is -0.0219. The molecule has 1 aromatic heterocycles. The Morgan fingerprint density at radius 3 is 2.52 bits per heavy atom. The van der Waals surface area contributed by atoms with Gasteiger partial charge in [-0.3, -0.25) is 0 Å². The fraction of sp³-hybridized carbons (Fsp3) is 0.824. The highest BCUT2D eigenvalue weighted by atomic mass is 32.1. The van der Waals surface area contributed by atoms with Crippen molar-refractivity contribution in [1.29, 1.82) is 0 Å². The van der Waals surface area contributed by atoms with Crippen molar-refractivity contribution < 1.29 is 4.74 Å². The summed E-state index contributed by atoms with van der Waals surface area (Å²) in [6, 6.07) is 0.365. The highest BCUT2D eigenvalue weighted by Gasteiger charge is 2.44. The highest BCUT2D eigenvalue weighted by Crippen LogP contribution is 2.44. The van der Waals surface area contributed by atoms with E-state index in [0.717, 1.165) is 32.4 Å². The molecular weight excluding hydrogens is 280 g/mol. The van der Waals surface area contributed by atoms with E-state index < -0.39 is 0 Å². The van der Waals surface area contributed by atoms with E-state index in [1.807, 2.05) is 6.20 Å². The van der Waals surface area contributed by atoms with Crippen molar-refractivity contribution in [2.24, 2.45) is 5.41 Å². The van der Waals surface area contributed by atoms with Gasteiger partial charge in [-0.1, -0.05) is 20.8 Å². The Morgan fingerprint density at radius 1 is 1.29 bits per heavy atom. The number of aromatic nitrogens is 1. The minimum Gasteiger partial charge on any atom is -0.374 e. The van der Waals surface area contributed by atoms with Crippen molar-refractivity contribution in [3.8, 4) is 0 Å². The summed E-state index contributed by atoms with van der Waals surface area (Å²) in [6.45, 7) is 10.8. The second-order valence-corrected chi connectivity index (χ2v) is 7.88. The molecule has 0 saturated heterocycles. The number of hydrogen-bond acceptors (Lipinski definition) is 4. The maximum atomic E-state index is 6.34. The van der Waals surface area contributed by atoms with Gasteiger partial charge in [0.15, 0.2) is 0 Å². The van der Waals surface area contributed by atoms with Crippen molar-refractivity contribution >= 4 is 11.3 Å². The molecular formula is C17H30N2OS. The molecule has 0 aliphatic heterocycles. The van der Waals surface area contributed by atoms with Crippen LogP contribution in [0.3, 0.4) is 0 Å². The molecule has 1 fully saturated rings. The normalized spacial score (nSPS) is 22.1. The van der Waals surface area contributed by atoms with E-state index in [1.165, 1.54) is 17.8 Å². The lowest BCUT2D eigenvalue weighted by Crippen LogP contribution is -2.56. The summed E-state index contributed by atoms with van der Waals surface area (Å²) in [4.78, 5) is 4.48. The van der Waals surface area contributed by atoms with Crippen molar-refractivity contribution in [3.05, 3.63) is 16.6 Å². The Labute approximate surface area is 133 Å². The van der Waals surface area contributed by atoms with Crippen LogP contribution in [0.2, 0.25) is 0 Å². The molecule has 120 valence electrons. The molecule has 1 aliphatic carbocycles. The molecule has 1 aliphatic rings. The van der Waals surface area contributed by atoms with Gasteiger partial charge in [-0.15, -0.1) is 11.3 Å². The van der Waals surface area contributed by atoms with Crippen molar-refractivity contribution in [2.45, 2.75) is 71.4 Å². The molecule has 1 N–H and O–H groups in total. The first-order valence-corrected chi connectivity index (χ1v) is 9.15. The zero-order chi connectivity index (χ0) is 15.3. The monoisotopic (exact) mass is 310 g/mol. The summed E-state index contributed by atoms with van der Waals surface area (Å²) >= 11 is 1.75. The molecule has 0 aromatic carbocycles. The third-order valence-electron chi connectivity index (χ3n) is 4.83. The number of likely N-dealkylation sites (N-methyl/N-ethyl adjacent to an activating group) is 1. The fourth-order valence-electron chi connectivity index (χ4n) is 3.45. The average molecular weight is 311 g/mol. The molecule has 1 heterocycles. The topological polar surface area (TPSA) is 34.2 Å². The summed E-state index contributed by atoms with van der Waals surface area (Å²) in [5, 5.41) is 6.96. The SMILES string of the molecule is CCNC(Cc1nccs1)C1(OCC)CCC(C)(C)CC1. The lowest BCUT2D eigenvalue weighted by atomic mass is 9.68. The summed E-state index contributed by atoms with van der Waals surface area (Å²) in [7, 11) is 0. The maximum Gasteiger partial charge on any atom is 0.0941 e. The Kier molecular flexibility index (Phi) is 5.81. The predicted molar refractivity (Wildman–Crippen MR) is 89.9 cm³/mol. The molecule has 4 heteroatoms. The third kappa shape index (κ3) is 4.27. The van der Waals surface area contributed by atoms with E-state index in [2.05, 4.69) is 43.4 Å². The van der Waals surface area contributed by atoms with E-state index in [-0.39, 0.29) is 5.60 Å². The van der Waals surface area contributed by atoms with Gasteiger partial charge in [-0.25, -0.2) is 4.98 Å². The van der Waals surface area contributed by atoms with E-state index >= 15 is 0 Å². The molecule has 1 saturated carbocycles. The Bertz CT molecular complexity index is 406. The van der Waals surface area contributed by atoms with Crippen LogP contribution >= 0.6 is 11.3 Å². The second kappa shape index (κ2) is 7.21. The van der Waals surface area contributed by atoms with Crippen LogP contribution in [-0.4, -0.2) is 29.8 Å². The van der Waals surface area contributed by atoms with Crippen LogP contribution in [0.25, 0.3) is 0 Å². The quantitative estimate of drug-likeness (QED) is 0.825. The molecule has 0 spiro atoms. The number of hydrogen-bond donors (Lipinski definition) is 1. The van der Waals surface area contributed by atoms with Gasteiger partial charge in [-0.05, 0) is 44.6 Å². The standard InChI is InChI=1S/C17H30N2OS/c1-5-18-14(13-15-19-11-12-21-15)17(20-6-2)9-7-16(3,4)8-10-17/h11-12,14,18H,5-10,13H2,1-4H3. The lowest BCUT2D eigenvalue weighted by molar-refractivity contribution is -0.106. The van der Waals surface area contributed by atoms with E-state index in [4.69, 9.17) is 4.74 Å². The highest BCUT2D eigenvalue weighted by molar-refractivity contribution is 7.09. The van der Waals surface area contributed by atoms with Crippen LogP contribution in [0.5, 0.6) is 0 Å². The number of nitrogens with one attached hydrogen (secondary N) is 1. The maximum absolute atomic E-state index is 6.34. The molecule has 0 bridgehead atoms. The van der Waals surface area contributed by atoms with E-state index in [0.29, 0.717) is 11.5 Å². The largest absolute Gasteiger partial charge is 0.374 e. The van der Waals surface area contributed by atoms with Gasteiger partial charge in [0.05, 0.1) is 10.6 Å². The minimum absolute atomic E-state index is 0.0219. The zero-order valence-electron chi connectivity index (χ0n) is 13.9. The first kappa shape index (κ1) is 16.9. The molecule has 21 heavy (non-hydrogen) atoms. The van der Waals surface area contributed by atoms with E-state index in [1.54, 1.807) is 11.3 Å². The third-order valence-corrected chi connectivity index (χ3v) is 5.63. The first-order chi connectivity index (χ1) is 10.0. The first-order valence-electron chi connectivity index (χ1n) is 8.27. The molecule has 3 nitrogen and oxygen atoms in total. The predicted octanol–water partition coefficient (Wildman–Crippen LogP) is 4.04. The van der Waals surface area contributed by atoms with Crippen LogP contribution < -0.4 is 5.32 Å². The summed E-state index contributed by atoms with van der Waals surface area (Å²) < 4.78 is 6.34. The lowest BCUT2D eigenvalue weighted by Gasteiger charge is -2.47. The molecule has 0 radical (unpaired) electrons. The van der Waals surface area contributed by atoms with Gasteiger partial charge in [0.25, 0.3) is 0 Å². The van der Waals surface area contributed by atoms with Crippen molar-refractivity contribution in [3.63, 3.8) is 0 Å². The van der Waals surface area contributed by atoms with Crippen LogP contribution in [0, 0.1) is 5.41 Å². The Balaban J connectivity index is 2.15. The smallest absolute Gasteiger partial charge is 0.0941 e. The van der Waals surface area contributed by atoms with Crippen LogP contribution in [-0.2, 0) is 11.2 Å². The van der Waals surface area contributed by atoms with Gasteiger partial charge in [0.2, 0.25) is 0 Å². The number of ether oxygens (including phenoxy) is 1. The summed E-state index contributed by atoms with van der Waals surface area (Å²) in [6.07, 6.45) is 7.67. The second-order valence-electron chi connectivity index (χ2n) is 6.90.